The SMILES string of the molecule is Cl.O=C(NO)c1cnc(N2CCC3(CCN(Cc4cccc5ccncc45)C3)CC2)nc1. The number of carbonyl (C=O) groups excluding carboxylic acids is 1. The molecule has 1 amide bonds. The van der Waals surface area contributed by atoms with Gasteiger partial charge in [-0.05, 0) is 48.2 Å². The Morgan fingerprint density at radius 3 is 2.56 bits per heavy atom. The highest BCUT2D eigenvalue weighted by Gasteiger charge is 2.40. The molecular weight excluding hydrogens is 428 g/mol. The van der Waals surface area contributed by atoms with Crippen LogP contribution in [0, 0.1) is 5.41 Å². The van der Waals surface area contributed by atoms with Gasteiger partial charge in [-0.15, -0.1) is 12.4 Å². The smallest absolute Gasteiger partial charge is 0.277 e. The Hall–Kier alpha value is -2.81. The van der Waals surface area contributed by atoms with Gasteiger partial charge in [0, 0.05) is 56.4 Å². The number of hydrogen-bond donors (Lipinski definition) is 2. The van der Waals surface area contributed by atoms with Gasteiger partial charge in [0.15, 0.2) is 0 Å². The summed E-state index contributed by atoms with van der Waals surface area (Å²) in [7, 11) is 0. The van der Waals surface area contributed by atoms with Gasteiger partial charge in [0.1, 0.15) is 0 Å². The minimum atomic E-state index is -0.600. The second-order valence-electron chi connectivity index (χ2n) is 8.67. The number of likely N-dealkylation sites (tertiary alicyclic amines) is 1. The van der Waals surface area contributed by atoms with E-state index in [1.54, 1.807) is 5.48 Å². The summed E-state index contributed by atoms with van der Waals surface area (Å²) in [5.74, 6) is 0.0413. The minimum absolute atomic E-state index is 0. The van der Waals surface area contributed by atoms with Crippen LogP contribution in [0.15, 0.2) is 49.1 Å². The molecule has 4 heterocycles. The molecule has 2 aliphatic rings. The molecule has 1 aromatic carbocycles. The van der Waals surface area contributed by atoms with Crippen LogP contribution >= 0.6 is 12.4 Å². The lowest BCUT2D eigenvalue weighted by atomic mass is 9.78. The van der Waals surface area contributed by atoms with Crippen molar-refractivity contribution in [2.75, 3.05) is 31.1 Å². The number of hydroxylamine groups is 1. The van der Waals surface area contributed by atoms with E-state index in [1.807, 2.05) is 12.4 Å². The number of hydrogen-bond acceptors (Lipinski definition) is 7. The van der Waals surface area contributed by atoms with Crippen LogP contribution < -0.4 is 10.4 Å². The molecule has 3 aromatic rings. The van der Waals surface area contributed by atoms with Crippen molar-refractivity contribution in [1.29, 1.82) is 0 Å². The molecular formula is C23H27ClN6O2. The Morgan fingerprint density at radius 1 is 1.06 bits per heavy atom. The van der Waals surface area contributed by atoms with Crippen molar-refractivity contribution in [3.8, 4) is 0 Å². The Bertz CT molecular complexity index is 1080. The molecule has 0 bridgehead atoms. The van der Waals surface area contributed by atoms with Gasteiger partial charge in [0.05, 0.1) is 5.56 Å². The van der Waals surface area contributed by atoms with E-state index in [0.717, 1.165) is 45.6 Å². The average Bonchev–Trinajstić information content (AvgIpc) is 3.21. The summed E-state index contributed by atoms with van der Waals surface area (Å²) in [6.45, 7) is 5.03. The molecule has 0 atom stereocenters. The van der Waals surface area contributed by atoms with Crippen LogP contribution in [0.2, 0.25) is 0 Å². The summed E-state index contributed by atoms with van der Waals surface area (Å²) in [5.41, 5.74) is 3.55. The number of rotatable bonds is 4. The number of nitrogens with one attached hydrogen (secondary N) is 1. The summed E-state index contributed by atoms with van der Waals surface area (Å²) in [5, 5.41) is 11.2. The molecule has 5 rings (SSSR count). The van der Waals surface area contributed by atoms with Gasteiger partial charge in [-0.25, -0.2) is 15.4 Å². The minimum Gasteiger partial charge on any atom is -0.341 e. The molecule has 0 radical (unpaired) electrons. The first-order chi connectivity index (χ1) is 15.2. The second-order valence-corrected chi connectivity index (χ2v) is 8.67. The van der Waals surface area contributed by atoms with E-state index in [-0.39, 0.29) is 18.0 Å². The summed E-state index contributed by atoms with van der Waals surface area (Å²) >= 11 is 0. The molecule has 2 saturated heterocycles. The van der Waals surface area contributed by atoms with Gasteiger partial charge in [0.2, 0.25) is 5.95 Å². The number of anilines is 1. The van der Waals surface area contributed by atoms with Gasteiger partial charge in [0.25, 0.3) is 5.91 Å². The standard InChI is InChI=1S/C23H26N6O2.ClH/c30-21(27-31)19-12-25-22(26-13-19)29-10-6-23(7-11-29)5-9-28(16-23)15-18-3-1-2-17-4-8-24-14-20(17)18;/h1-4,8,12-14,31H,5-7,9-11,15-16H2,(H,27,30);1H. The van der Waals surface area contributed by atoms with E-state index >= 15 is 0 Å². The summed E-state index contributed by atoms with van der Waals surface area (Å²) in [4.78, 5) is 29.2. The van der Waals surface area contributed by atoms with Crippen LogP contribution in [0.5, 0.6) is 0 Å². The fourth-order valence-corrected chi connectivity index (χ4v) is 4.97. The van der Waals surface area contributed by atoms with Gasteiger partial charge >= 0.3 is 0 Å². The maximum Gasteiger partial charge on any atom is 0.277 e. The molecule has 2 aliphatic heterocycles. The average molecular weight is 455 g/mol. The van der Waals surface area contributed by atoms with Crippen LogP contribution in [-0.4, -0.2) is 57.1 Å². The number of nitrogens with zero attached hydrogens (tertiary/aromatic N) is 5. The number of pyridine rings is 1. The molecule has 9 heteroatoms. The quantitative estimate of drug-likeness (QED) is 0.462. The van der Waals surface area contributed by atoms with Gasteiger partial charge in [-0.1, -0.05) is 18.2 Å². The van der Waals surface area contributed by atoms with Crippen molar-refractivity contribution in [3.05, 3.63) is 60.2 Å². The molecule has 2 N–H and O–H groups in total. The zero-order valence-electron chi connectivity index (χ0n) is 17.8. The normalized spacial score (nSPS) is 18.0. The summed E-state index contributed by atoms with van der Waals surface area (Å²) in [6, 6.07) is 8.57. The fourth-order valence-electron chi connectivity index (χ4n) is 4.97. The third-order valence-electron chi connectivity index (χ3n) is 6.79. The summed E-state index contributed by atoms with van der Waals surface area (Å²) < 4.78 is 0. The maximum absolute atomic E-state index is 11.4. The van der Waals surface area contributed by atoms with Crippen LogP contribution in [0.4, 0.5) is 5.95 Å². The Morgan fingerprint density at radius 2 is 1.81 bits per heavy atom. The first-order valence-electron chi connectivity index (χ1n) is 10.7. The number of amides is 1. The van der Waals surface area contributed by atoms with Crippen molar-refractivity contribution in [1.82, 2.24) is 25.3 Å². The highest BCUT2D eigenvalue weighted by Crippen LogP contribution is 2.41. The maximum atomic E-state index is 11.4. The molecule has 2 aromatic heterocycles. The number of piperidine rings is 1. The lowest BCUT2D eigenvalue weighted by molar-refractivity contribution is 0.0705. The molecule has 0 saturated carbocycles. The number of benzene rings is 1. The third kappa shape index (κ3) is 4.39. The Kier molecular flexibility index (Phi) is 6.55. The molecule has 168 valence electrons. The lowest BCUT2D eigenvalue weighted by Crippen LogP contribution is -2.42. The third-order valence-corrected chi connectivity index (χ3v) is 6.79. The van der Waals surface area contributed by atoms with Crippen molar-refractivity contribution < 1.29 is 10.0 Å². The monoisotopic (exact) mass is 454 g/mol. The van der Waals surface area contributed by atoms with Gasteiger partial charge in [-0.3, -0.25) is 19.9 Å². The molecule has 0 unspecified atom stereocenters. The van der Waals surface area contributed by atoms with Crippen LogP contribution in [0.1, 0.15) is 35.2 Å². The Balaban J connectivity index is 0.00000245. The largest absolute Gasteiger partial charge is 0.341 e. The zero-order valence-corrected chi connectivity index (χ0v) is 18.6. The predicted octanol–water partition coefficient (Wildman–Crippen LogP) is 3.06. The first-order valence-corrected chi connectivity index (χ1v) is 10.7. The highest BCUT2D eigenvalue weighted by atomic mass is 35.5. The molecule has 8 nitrogen and oxygen atoms in total. The number of carbonyl (C=O) groups is 1. The lowest BCUT2D eigenvalue weighted by Gasteiger charge is -2.39. The number of aromatic nitrogens is 3. The van der Waals surface area contributed by atoms with Crippen LogP contribution in [0.3, 0.4) is 0 Å². The Labute approximate surface area is 193 Å². The second kappa shape index (κ2) is 9.36. The number of fused-ring (bicyclic) bond motifs is 1. The molecule has 1 spiro atoms. The molecule has 2 fully saturated rings. The van der Waals surface area contributed by atoms with Crippen molar-refractivity contribution in [2.24, 2.45) is 5.41 Å². The van der Waals surface area contributed by atoms with E-state index in [4.69, 9.17) is 5.21 Å². The highest BCUT2D eigenvalue weighted by molar-refractivity contribution is 5.92. The van der Waals surface area contributed by atoms with Crippen molar-refractivity contribution in [3.63, 3.8) is 0 Å². The van der Waals surface area contributed by atoms with E-state index < -0.39 is 5.91 Å². The van der Waals surface area contributed by atoms with Gasteiger partial charge in [-0.2, -0.15) is 0 Å². The predicted molar refractivity (Wildman–Crippen MR) is 124 cm³/mol. The van der Waals surface area contributed by atoms with E-state index in [2.05, 4.69) is 49.0 Å². The van der Waals surface area contributed by atoms with Crippen LogP contribution in [0.25, 0.3) is 10.8 Å². The zero-order chi connectivity index (χ0) is 21.3. The number of halogens is 1. The summed E-state index contributed by atoms with van der Waals surface area (Å²) in [6.07, 6.45) is 10.2. The van der Waals surface area contributed by atoms with E-state index in [1.165, 1.54) is 35.2 Å². The van der Waals surface area contributed by atoms with Crippen molar-refractivity contribution >= 4 is 35.0 Å². The van der Waals surface area contributed by atoms with Gasteiger partial charge < -0.3 is 4.90 Å². The molecule has 0 aliphatic carbocycles. The van der Waals surface area contributed by atoms with Crippen molar-refractivity contribution in [2.45, 2.75) is 25.8 Å². The first kappa shape index (κ1) is 22.4. The van der Waals surface area contributed by atoms with Crippen LogP contribution in [-0.2, 0) is 6.54 Å². The van der Waals surface area contributed by atoms with E-state index in [9.17, 15) is 4.79 Å². The van der Waals surface area contributed by atoms with E-state index in [0.29, 0.717) is 11.4 Å². The topological polar surface area (TPSA) is 94.5 Å². The molecule has 32 heavy (non-hydrogen) atoms. The fraction of sp³-hybridized carbons (Fsp3) is 0.391.